The smallest absolute Gasteiger partial charge is 0.298 e. The summed E-state index contributed by atoms with van der Waals surface area (Å²) >= 11 is 0. The van der Waals surface area contributed by atoms with Crippen LogP contribution in [-0.2, 0) is 12.3 Å². The van der Waals surface area contributed by atoms with Crippen molar-refractivity contribution in [1.29, 1.82) is 0 Å². The lowest BCUT2D eigenvalue weighted by Crippen LogP contribution is -2.40. The summed E-state index contributed by atoms with van der Waals surface area (Å²) in [5.74, 6) is 3.20. The summed E-state index contributed by atoms with van der Waals surface area (Å²) in [6.07, 6.45) is 4.30. The lowest BCUT2D eigenvalue weighted by atomic mass is 9.89. The van der Waals surface area contributed by atoms with Gasteiger partial charge in [0.15, 0.2) is 0 Å². The van der Waals surface area contributed by atoms with Crippen LogP contribution in [0.5, 0.6) is 0 Å². The monoisotopic (exact) mass is 381 g/mol. The van der Waals surface area contributed by atoms with Crippen molar-refractivity contribution in [1.82, 2.24) is 9.99 Å². The molecule has 1 unspecified atom stereocenters. The minimum absolute atomic E-state index is 0.403. The number of aromatic nitrogens is 1. The van der Waals surface area contributed by atoms with Crippen LogP contribution in [-0.4, -0.2) is 22.9 Å². The molecule has 2 aromatic rings. The van der Waals surface area contributed by atoms with E-state index in [9.17, 15) is 8.78 Å². The van der Waals surface area contributed by atoms with Gasteiger partial charge in [-0.25, -0.2) is 14.6 Å². The number of benzene rings is 1. The van der Waals surface area contributed by atoms with Crippen LogP contribution in [0.2, 0.25) is 0 Å². The van der Waals surface area contributed by atoms with E-state index in [1.165, 1.54) is 12.3 Å². The average Bonchev–Trinajstić information content (AvgIpc) is 2.61. The zero-order chi connectivity index (χ0) is 20.0. The van der Waals surface area contributed by atoms with E-state index in [2.05, 4.69) is 16.7 Å². The molecule has 1 aromatic carbocycles. The van der Waals surface area contributed by atoms with Crippen LogP contribution in [0.25, 0.3) is 0 Å². The van der Waals surface area contributed by atoms with Crippen molar-refractivity contribution in [3.8, 4) is 0 Å². The quantitative estimate of drug-likeness (QED) is 0.184. The highest BCUT2D eigenvalue weighted by Crippen LogP contribution is 2.42. The third-order valence-electron chi connectivity index (χ3n) is 3.93. The first kappa shape index (κ1) is 20.4. The first-order valence-electron chi connectivity index (χ1n) is 7.93. The Morgan fingerprint density at radius 3 is 2.56 bits per heavy atom. The third kappa shape index (κ3) is 4.82. The van der Waals surface area contributed by atoms with E-state index in [4.69, 9.17) is 11.7 Å². The molecule has 1 aromatic heterocycles. The van der Waals surface area contributed by atoms with Gasteiger partial charge in [-0.05, 0) is 29.7 Å². The predicted octanol–water partition coefficient (Wildman–Crippen LogP) is 3.04. The van der Waals surface area contributed by atoms with E-state index in [1.807, 2.05) is 0 Å². The number of halogens is 4. The highest BCUT2D eigenvalue weighted by molar-refractivity contribution is 5.53. The number of rotatable bonds is 8. The Kier molecular flexibility index (Phi) is 6.51. The molecular weight excluding hydrogens is 362 g/mol. The molecule has 0 bridgehead atoms. The highest BCUT2D eigenvalue weighted by atomic mass is 19.3. The Balaban J connectivity index is 2.47. The van der Waals surface area contributed by atoms with Gasteiger partial charge in [0.25, 0.3) is 5.92 Å². The molecule has 0 amide bonds. The van der Waals surface area contributed by atoms with Gasteiger partial charge >= 0.3 is 0 Å². The molecule has 27 heavy (non-hydrogen) atoms. The van der Waals surface area contributed by atoms with Gasteiger partial charge in [0.1, 0.15) is 23.7 Å². The van der Waals surface area contributed by atoms with Gasteiger partial charge in [-0.3, -0.25) is 9.99 Å². The minimum Gasteiger partial charge on any atom is -0.322 e. The fraction of sp³-hybridized carbons (Fsp3) is 0.222. The van der Waals surface area contributed by atoms with E-state index in [1.54, 1.807) is 6.08 Å². The topological polar surface area (TPSA) is 80.5 Å². The molecule has 1 heterocycles. The number of alkyl halides is 2. The van der Waals surface area contributed by atoms with Gasteiger partial charge in [0.05, 0.1) is 5.92 Å². The molecular formula is C18H19F4N5. The third-order valence-corrected chi connectivity index (χ3v) is 3.93. The Labute approximate surface area is 154 Å². The molecule has 9 heteroatoms. The van der Waals surface area contributed by atoms with Crippen molar-refractivity contribution < 1.29 is 17.6 Å². The van der Waals surface area contributed by atoms with Crippen molar-refractivity contribution in [3.05, 3.63) is 77.6 Å². The molecule has 2 rings (SSSR count). The second kappa shape index (κ2) is 8.63. The Morgan fingerprint density at radius 1 is 1.26 bits per heavy atom. The summed E-state index contributed by atoms with van der Waals surface area (Å²) in [6, 6.07) is 5.04. The van der Waals surface area contributed by atoms with Crippen LogP contribution in [0, 0.1) is 11.6 Å². The van der Waals surface area contributed by atoms with Crippen molar-refractivity contribution in [2.45, 2.75) is 18.3 Å². The van der Waals surface area contributed by atoms with Crippen LogP contribution < -0.4 is 11.7 Å². The fourth-order valence-electron chi connectivity index (χ4n) is 2.62. The van der Waals surface area contributed by atoms with E-state index >= 15 is 8.78 Å². The molecule has 0 saturated carbocycles. The summed E-state index contributed by atoms with van der Waals surface area (Å²) in [5, 5.41) is 3.96. The first-order chi connectivity index (χ1) is 12.8. The molecule has 0 radical (unpaired) electrons. The van der Waals surface area contributed by atoms with E-state index in [-0.39, 0.29) is 0 Å². The number of hydrogen-bond donors (Lipinski definition) is 2. The molecule has 0 aliphatic rings. The standard InChI is InChI=1S/C18H19F4N5/c1-2-3-12-4-7-17(25-9-12)18(21,22)15(10-27(24)11-26-23)14-6-5-13(19)8-16(14)20/h2,4-9,11,15H,1,3,10,23-24H2/b26-11-. The van der Waals surface area contributed by atoms with Crippen molar-refractivity contribution in [3.63, 3.8) is 0 Å². The number of hydrazine groups is 1. The number of pyridine rings is 1. The summed E-state index contributed by atoms with van der Waals surface area (Å²) in [7, 11) is 0. The van der Waals surface area contributed by atoms with Gasteiger partial charge < -0.3 is 5.84 Å². The highest BCUT2D eigenvalue weighted by Gasteiger charge is 2.45. The molecule has 0 fully saturated rings. The Morgan fingerprint density at radius 2 is 2.00 bits per heavy atom. The molecule has 4 N–H and O–H groups in total. The normalized spacial score (nSPS) is 12.9. The van der Waals surface area contributed by atoms with Crippen LogP contribution >= 0.6 is 0 Å². The van der Waals surface area contributed by atoms with Crippen molar-refractivity contribution in [2.75, 3.05) is 6.54 Å². The average molecular weight is 381 g/mol. The number of allylic oxidation sites excluding steroid dienone is 1. The summed E-state index contributed by atoms with van der Waals surface area (Å²) in [4.78, 5) is 3.80. The summed E-state index contributed by atoms with van der Waals surface area (Å²) in [6.45, 7) is 3.04. The van der Waals surface area contributed by atoms with Crippen molar-refractivity contribution in [2.24, 2.45) is 16.8 Å². The predicted molar refractivity (Wildman–Crippen MR) is 94.7 cm³/mol. The molecule has 0 aliphatic carbocycles. The van der Waals surface area contributed by atoms with Gasteiger partial charge in [-0.2, -0.15) is 13.9 Å². The number of hydrazone groups is 1. The van der Waals surface area contributed by atoms with E-state index < -0.39 is 41.3 Å². The number of nitrogens with two attached hydrogens (primary N) is 2. The maximum atomic E-state index is 15.2. The fourth-order valence-corrected chi connectivity index (χ4v) is 2.62. The molecule has 0 spiro atoms. The molecule has 0 aliphatic heterocycles. The van der Waals surface area contributed by atoms with Gasteiger partial charge in [-0.15, -0.1) is 6.58 Å². The van der Waals surface area contributed by atoms with Crippen LogP contribution in [0.1, 0.15) is 22.7 Å². The summed E-state index contributed by atoms with van der Waals surface area (Å²) in [5.41, 5.74) is -0.272. The number of nitrogens with zero attached hydrogens (tertiary/aromatic N) is 3. The first-order valence-corrected chi connectivity index (χ1v) is 7.93. The van der Waals surface area contributed by atoms with Crippen molar-refractivity contribution >= 4 is 6.34 Å². The lowest BCUT2D eigenvalue weighted by Gasteiger charge is -2.29. The second-order valence-electron chi connectivity index (χ2n) is 5.85. The van der Waals surface area contributed by atoms with E-state index in [0.29, 0.717) is 18.1 Å². The van der Waals surface area contributed by atoms with Gasteiger partial charge in [0, 0.05) is 18.8 Å². The Hall–Kier alpha value is -2.94. The molecule has 0 saturated heterocycles. The van der Waals surface area contributed by atoms with Gasteiger partial charge in [-0.1, -0.05) is 18.2 Å². The van der Waals surface area contributed by atoms with Crippen LogP contribution in [0.15, 0.2) is 54.3 Å². The summed E-state index contributed by atoms with van der Waals surface area (Å²) < 4.78 is 57.8. The minimum atomic E-state index is -3.61. The van der Waals surface area contributed by atoms with Crippen LogP contribution in [0.3, 0.4) is 0 Å². The maximum absolute atomic E-state index is 15.2. The largest absolute Gasteiger partial charge is 0.322 e. The van der Waals surface area contributed by atoms with Gasteiger partial charge in [0.2, 0.25) is 0 Å². The molecule has 144 valence electrons. The molecule has 5 nitrogen and oxygen atoms in total. The van der Waals surface area contributed by atoms with E-state index in [0.717, 1.165) is 29.5 Å². The zero-order valence-corrected chi connectivity index (χ0v) is 14.3. The number of hydrogen-bond acceptors (Lipinski definition) is 4. The maximum Gasteiger partial charge on any atom is 0.298 e. The molecule has 1 atom stereocenters. The van der Waals surface area contributed by atoms with Crippen LogP contribution in [0.4, 0.5) is 17.6 Å². The lowest BCUT2D eigenvalue weighted by molar-refractivity contribution is -0.0443. The second-order valence-corrected chi connectivity index (χ2v) is 5.85. The SMILES string of the molecule is C=CCc1ccc(C(F)(F)C(CN(N)/C=N\N)c2ccc(F)cc2F)nc1. The Bertz CT molecular complexity index is 808. The zero-order valence-electron chi connectivity index (χ0n) is 14.3.